The van der Waals surface area contributed by atoms with Crippen LogP contribution in [0.3, 0.4) is 0 Å². The number of likely N-dealkylation sites (tertiary alicyclic amines) is 1. The second-order valence-electron chi connectivity index (χ2n) is 6.16. The van der Waals surface area contributed by atoms with E-state index in [-0.39, 0.29) is 5.60 Å². The molecule has 2 fully saturated rings. The molecule has 2 atom stereocenters. The van der Waals surface area contributed by atoms with Gasteiger partial charge in [-0.05, 0) is 44.4 Å². The van der Waals surface area contributed by atoms with E-state index in [9.17, 15) is 0 Å². The molecule has 4 nitrogen and oxygen atoms in total. The first-order chi connectivity index (χ1) is 8.55. The van der Waals surface area contributed by atoms with Gasteiger partial charge in [-0.1, -0.05) is 6.92 Å². The van der Waals surface area contributed by atoms with Crippen molar-refractivity contribution in [1.29, 1.82) is 0 Å². The Morgan fingerprint density at radius 2 is 2.17 bits per heavy atom. The lowest BCUT2D eigenvalue weighted by atomic mass is 10.00. The quantitative estimate of drug-likeness (QED) is 0.614. The predicted molar refractivity (Wildman–Crippen MR) is 74.6 cm³/mol. The molecule has 0 aromatic heterocycles. The van der Waals surface area contributed by atoms with Crippen LogP contribution in [0, 0.1) is 11.8 Å². The van der Waals surface area contributed by atoms with Crippen molar-refractivity contribution in [3.63, 3.8) is 0 Å². The number of hydrogen-bond acceptors (Lipinski definition) is 2. The minimum Gasteiger partial charge on any atom is -0.376 e. The molecule has 1 aliphatic heterocycles. The van der Waals surface area contributed by atoms with Crippen LogP contribution in [0.2, 0.25) is 0 Å². The van der Waals surface area contributed by atoms with Crippen molar-refractivity contribution in [2.24, 2.45) is 22.6 Å². The number of hydrogen-bond donors (Lipinski definition) is 1. The lowest BCUT2D eigenvalue weighted by Gasteiger charge is -2.32. The third-order valence-corrected chi connectivity index (χ3v) is 4.44. The van der Waals surface area contributed by atoms with Crippen LogP contribution < -0.4 is 5.73 Å². The van der Waals surface area contributed by atoms with Gasteiger partial charge in [0.05, 0.1) is 12.1 Å². The van der Waals surface area contributed by atoms with E-state index in [0.29, 0.717) is 18.4 Å². The summed E-state index contributed by atoms with van der Waals surface area (Å²) in [5, 5.41) is 0. The molecule has 0 bridgehead atoms. The number of rotatable bonds is 4. The summed E-state index contributed by atoms with van der Waals surface area (Å²) in [4.78, 5) is 6.80. The molecule has 0 amide bonds. The van der Waals surface area contributed by atoms with Crippen LogP contribution in [-0.4, -0.2) is 43.2 Å². The second-order valence-corrected chi connectivity index (χ2v) is 6.16. The molecule has 18 heavy (non-hydrogen) atoms. The Hall–Kier alpha value is -0.770. The van der Waals surface area contributed by atoms with E-state index in [1.54, 1.807) is 7.11 Å². The zero-order valence-corrected chi connectivity index (χ0v) is 12.0. The Morgan fingerprint density at radius 1 is 1.44 bits per heavy atom. The highest BCUT2D eigenvalue weighted by atomic mass is 16.5. The monoisotopic (exact) mass is 253 g/mol. The molecule has 1 aliphatic carbocycles. The third kappa shape index (κ3) is 3.16. The van der Waals surface area contributed by atoms with E-state index in [2.05, 4.69) is 23.7 Å². The highest BCUT2D eigenvalue weighted by molar-refractivity contribution is 5.78. The minimum absolute atomic E-state index is 0.119. The zero-order valence-electron chi connectivity index (χ0n) is 12.0. The highest BCUT2D eigenvalue weighted by Gasteiger charge is 2.41. The van der Waals surface area contributed by atoms with Crippen molar-refractivity contribution >= 4 is 5.96 Å². The number of guanidine groups is 1. The number of nitrogens with two attached hydrogens (primary N) is 1. The van der Waals surface area contributed by atoms with Crippen molar-refractivity contribution in [1.82, 2.24) is 4.90 Å². The van der Waals surface area contributed by atoms with Crippen molar-refractivity contribution in [2.45, 2.75) is 45.1 Å². The van der Waals surface area contributed by atoms with Gasteiger partial charge >= 0.3 is 0 Å². The van der Waals surface area contributed by atoms with Crippen molar-refractivity contribution < 1.29 is 4.74 Å². The maximum atomic E-state index is 6.11. The van der Waals surface area contributed by atoms with Crippen LogP contribution >= 0.6 is 0 Å². The van der Waals surface area contributed by atoms with Crippen LogP contribution in [0.5, 0.6) is 0 Å². The van der Waals surface area contributed by atoms with E-state index in [0.717, 1.165) is 19.0 Å². The average molecular weight is 253 g/mol. The number of aliphatic imine (C=N–C) groups is 1. The molecule has 2 unspecified atom stereocenters. The summed E-state index contributed by atoms with van der Waals surface area (Å²) in [6.45, 7) is 7.21. The number of piperidine rings is 1. The van der Waals surface area contributed by atoms with Gasteiger partial charge in [-0.2, -0.15) is 0 Å². The van der Waals surface area contributed by atoms with E-state index < -0.39 is 0 Å². The van der Waals surface area contributed by atoms with E-state index >= 15 is 0 Å². The van der Waals surface area contributed by atoms with Crippen LogP contribution in [0.1, 0.15) is 39.5 Å². The Balaban J connectivity index is 1.91. The molecule has 0 aromatic rings. The standard InChI is InChI=1S/C14H27N3O/c1-11-5-4-8-17(9-11)13(15)16-10-14(2,18-3)12-6-7-12/h11-12H,4-10H2,1-3H3,(H2,15,16). The molecule has 1 saturated carbocycles. The lowest BCUT2D eigenvalue weighted by molar-refractivity contribution is -0.00492. The predicted octanol–water partition coefficient (Wildman–Crippen LogP) is 1.85. The number of methoxy groups -OCH3 is 1. The Bertz CT molecular complexity index is 314. The topological polar surface area (TPSA) is 50.9 Å². The maximum Gasteiger partial charge on any atom is 0.191 e. The average Bonchev–Trinajstić information content (AvgIpc) is 3.20. The van der Waals surface area contributed by atoms with Crippen molar-refractivity contribution in [3.8, 4) is 0 Å². The lowest BCUT2D eigenvalue weighted by Crippen LogP contribution is -2.44. The van der Waals surface area contributed by atoms with Gasteiger partial charge < -0.3 is 15.4 Å². The first-order valence-corrected chi connectivity index (χ1v) is 7.15. The number of ether oxygens (including phenoxy) is 1. The largest absolute Gasteiger partial charge is 0.376 e. The minimum atomic E-state index is -0.119. The first kappa shape index (κ1) is 13.7. The summed E-state index contributed by atoms with van der Waals surface area (Å²) in [7, 11) is 1.78. The van der Waals surface area contributed by atoms with Gasteiger partial charge in [0.25, 0.3) is 0 Å². The van der Waals surface area contributed by atoms with Crippen molar-refractivity contribution in [3.05, 3.63) is 0 Å². The van der Waals surface area contributed by atoms with Gasteiger partial charge in [-0.15, -0.1) is 0 Å². The molecule has 1 saturated heterocycles. The fourth-order valence-electron chi connectivity index (χ4n) is 2.79. The summed E-state index contributed by atoms with van der Waals surface area (Å²) in [6, 6.07) is 0. The SMILES string of the molecule is COC(C)(CN=C(N)N1CCCC(C)C1)C1CC1. The smallest absolute Gasteiger partial charge is 0.191 e. The Labute approximate surface area is 111 Å². The molecule has 1 heterocycles. The highest BCUT2D eigenvalue weighted by Crippen LogP contribution is 2.41. The second kappa shape index (κ2) is 5.47. The van der Waals surface area contributed by atoms with Gasteiger partial charge in [0.15, 0.2) is 5.96 Å². The van der Waals surface area contributed by atoms with E-state index in [1.807, 2.05) is 0 Å². The van der Waals surface area contributed by atoms with E-state index in [4.69, 9.17) is 10.5 Å². The molecule has 0 spiro atoms. The normalized spacial score (nSPS) is 29.2. The van der Waals surface area contributed by atoms with Crippen LogP contribution in [0.15, 0.2) is 4.99 Å². The van der Waals surface area contributed by atoms with Gasteiger partial charge in [-0.25, -0.2) is 0 Å². The van der Waals surface area contributed by atoms with Crippen molar-refractivity contribution in [2.75, 3.05) is 26.7 Å². The third-order valence-electron chi connectivity index (χ3n) is 4.44. The molecule has 104 valence electrons. The van der Waals surface area contributed by atoms with Crippen LogP contribution in [-0.2, 0) is 4.74 Å². The molecule has 2 N–H and O–H groups in total. The summed E-state index contributed by atoms with van der Waals surface area (Å²) < 4.78 is 5.64. The molecule has 0 aromatic carbocycles. The van der Waals surface area contributed by atoms with Gasteiger partial charge in [0.1, 0.15) is 0 Å². The maximum absolute atomic E-state index is 6.11. The van der Waals surface area contributed by atoms with Gasteiger partial charge in [-0.3, -0.25) is 4.99 Å². The zero-order chi connectivity index (χ0) is 13.2. The summed E-state index contributed by atoms with van der Waals surface area (Å²) in [5.41, 5.74) is 5.99. The molecular formula is C14H27N3O. The van der Waals surface area contributed by atoms with E-state index in [1.165, 1.54) is 25.7 Å². The molecule has 2 aliphatic rings. The fourth-order valence-corrected chi connectivity index (χ4v) is 2.79. The molecule has 0 radical (unpaired) electrons. The summed E-state index contributed by atoms with van der Waals surface area (Å²) in [6.07, 6.45) is 5.06. The summed E-state index contributed by atoms with van der Waals surface area (Å²) in [5.74, 6) is 2.09. The number of nitrogens with zero attached hydrogens (tertiary/aromatic N) is 2. The van der Waals surface area contributed by atoms with Crippen LogP contribution in [0.25, 0.3) is 0 Å². The van der Waals surface area contributed by atoms with Gasteiger partial charge in [0, 0.05) is 20.2 Å². The fraction of sp³-hybridized carbons (Fsp3) is 0.929. The molecule has 2 rings (SSSR count). The molecule has 4 heteroatoms. The first-order valence-electron chi connectivity index (χ1n) is 7.15. The Morgan fingerprint density at radius 3 is 2.72 bits per heavy atom. The Kier molecular flexibility index (Phi) is 4.15. The summed E-state index contributed by atoms with van der Waals surface area (Å²) >= 11 is 0. The molecular weight excluding hydrogens is 226 g/mol. The van der Waals surface area contributed by atoms with Gasteiger partial charge in [0.2, 0.25) is 0 Å². The van der Waals surface area contributed by atoms with Crippen LogP contribution in [0.4, 0.5) is 0 Å².